The van der Waals surface area contributed by atoms with Gasteiger partial charge in [-0.3, -0.25) is 0 Å². The molecule has 0 bridgehead atoms. The highest BCUT2D eigenvalue weighted by Crippen LogP contribution is 2.38. The molecule has 0 spiro atoms. The van der Waals surface area contributed by atoms with Crippen molar-refractivity contribution in [1.29, 1.82) is 0 Å². The number of ether oxygens (including phenoxy) is 3. The van der Waals surface area contributed by atoms with Crippen molar-refractivity contribution in [2.45, 2.75) is 32.4 Å². The number of alkyl carbamates (subject to hydrolysis) is 1. The molecule has 0 fully saturated rings. The van der Waals surface area contributed by atoms with Gasteiger partial charge < -0.3 is 24.6 Å². The van der Waals surface area contributed by atoms with E-state index in [0.717, 1.165) is 0 Å². The summed E-state index contributed by atoms with van der Waals surface area (Å²) < 4.78 is 16.0. The molecule has 1 aromatic rings. The van der Waals surface area contributed by atoms with E-state index < -0.39 is 23.7 Å². The summed E-state index contributed by atoms with van der Waals surface area (Å²) in [4.78, 5) is 23.4. The summed E-state index contributed by atoms with van der Waals surface area (Å²) in [7, 11) is 2.90. The molecule has 1 unspecified atom stereocenters. The first kappa shape index (κ1) is 19.1. The van der Waals surface area contributed by atoms with Gasteiger partial charge in [0, 0.05) is 0 Å². The molecule has 2 N–H and O–H groups in total. The predicted octanol–water partition coefficient (Wildman–Crippen LogP) is 3.12. The van der Waals surface area contributed by atoms with Crippen LogP contribution in [0.1, 0.15) is 32.4 Å². The molecule has 0 aliphatic heterocycles. The second kappa shape index (κ2) is 7.54. The molecule has 0 aliphatic rings. The van der Waals surface area contributed by atoms with Crippen LogP contribution in [0.25, 0.3) is 0 Å². The molecule has 0 radical (unpaired) electrons. The van der Waals surface area contributed by atoms with Gasteiger partial charge in [0.05, 0.1) is 18.7 Å². The zero-order valence-electron chi connectivity index (χ0n) is 13.6. The van der Waals surface area contributed by atoms with E-state index >= 15 is 0 Å². The van der Waals surface area contributed by atoms with Crippen molar-refractivity contribution in [2.24, 2.45) is 0 Å². The third-order valence-corrected chi connectivity index (χ3v) is 3.29. The van der Waals surface area contributed by atoms with E-state index in [4.69, 9.17) is 14.2 Å². The summed E-state index contributed by atoms with van der Waals surface area (Å²) in [6, 6.07) is 1.73. The number of carbonyl (C=O) groups is 2. The van der Waals surface area contributed by atoms with E-state index in [1.807, 2.05) is 0 Å². The van der Waals surface area contributed by atoms with E-state index in [1.165, 1.54) is 26.4 Å². The quantitative estimate of drug-likeness (QED) is 0.803. The average molecular weight is 390 g/mol. The van der Waals surface area contributed by atoms with Crippen molar-refractivity contribution < 1.29 is 28.9 Å². The van der Waals surface area contributed by atoms with Gasteiger partial charge in [0.1, 0.15) is 5.60 Å². The van der Waals surface area contributed by atoms with Gasteiger partial charge in [-0.25, -0.2) is 9.59 Å². The molecule has 1 aromatic carbocycles. The first-order valence-electron chi connectivity index (χ1n) is 6.72. The van der Waals surface area contributed by atoms with Gasteiger partial charge in [0.2, 0.25) is 0 Å². The fourth-order valence-corrected chi connectivity index (χ4v) is 2.44. The summed E-state index contributed by atoms with van der Waals surface area (Å²) in [5.74, 6) is -0.457. The molecule has 7 nitrogen and oxygen atoms in total. The SMILES string of the molecule is COc1cc(C(NC(=O)OC(C)(C)C)C(=O)O)cc(Br)c1OC. The molecule has 1 amide bonds. The number of carbonyl (C=O) groups excluding carboxylic acids is 1. The van der Waals surface area contributed by atoms with E-state index in [-0.39, 0.29) is 0 Å². The number of carboxylic acids is 1. The molecular weight excluding hydrogens is 370 g/mol. The fraction of sp³-hybridized carbons (Fsp3) is 0.467. The minimum absolute atomic E-state index is 0.313. The lowest BCUT2D eigenvalue weighted by Crippen LogP contribution is -2.38. The number of nitrogens with one attached hydrogen (secondary N) is 1. The Kier molecular flexibility index (Phi) is 6.26. The molecule has 0 aliphatic carbocycles. The Morgan fingerprint density at radius 1 is 1.22 bits per heavy atom. The lowest BCUT2D eigenvalue weighted by Gasteiger charge is -2.22. The molecule has 0 saturated heterocycles. The van der Waals surface area contributed by atoms with Crippen molar-refractivity contribution in [3.8, 4) is 11.5 Å². The Bertz CT molecular complexity index is 596. The fourth-order valence-electron chi connectivity index (χ4n) is 1.82. The second-order valence-electron chi connectivity index (χ2n) is 5.66. The Labute approximate surface area is 143 Å². The highest BCUT2D eigenvalue weighted by atomic mass is 79.9. The minimum atomic E-state index is -1.29. The van der Waals surface area contributed by atoms with Gasteiger partial charge >= 0.3 is 12.1 Å². The van der Waals surface area contributed by atoms with Crippen molar-refractivity contribution in [1.82, 2.24) is 5.32 Å². The minimum Gasteiger partial charge on any atom is -0.493 e. The molecule has 1 atom stereocenters. The number of hydrogen-bond donors (Lipinski definition) is 2. The highest BCUT2D eigenvalue weighted by Gasteiger charge is 2.27. The van der Waals surface area contributed by atoms with Gasteiger partial charge in [0.25, 0.3) is 0 Å². The van der Waals surface area contributed by atoms with Crippen LogP contribution in [-0.4, -0.2) is 37.0 Å². The summed E-state index contributed by atoms with van der Waals surface area (Å²) in [6.07, 6.45) is -0.823. The number of hydrogen-bond acceptors (Lipinski definition) is 5. The van der Waals surface area contributed by atoms with E-state index in [0.29, 0.717) is 21.5 Å². The molecule has 0 saturated carbocycles. The first-order chi connectivity index (χ1) is 10.6. The summed E-state index contributed by atoms with van der Waals surface area (Å²) in [5, 5.41) is 11.7. The molecule has 1 rings (SSSR count). The van der Waals surface area contributed by atoms with Crippen molar-refractivity contribution >= 4 is 28.0 Å². The lowest BCUT2D eigenvalue weighted by atomic mass is 10.1. The Morgan fingerprint density at radius 2 is 1.83 bits per heavy atom. The van der Waals surface area contributed by atoms with Gasteiger partial charge in [0.15, 0.2) is 17.5 Å². The number of aliphatic carboxylic acids is 1. The smallest absolute Gasteiger partial charge is 0.408 e. The molecule has 0 aromatic heterocycles. The second-order valence-corrected chi connectivity index (χ2v) is 6.51. The molecule has 8 heteroatoms. The highest BCUT2D eigenvalue weighted by molar-refractivity contribution is 9.10. The van der Waals surface area contributed by atoms with Crippen molar-refractivity contribution in [3.63, 3.8) is 0 Å². The van der Waals surface area contributed by atoms with Gasteiger partial charge in [-0.05, 0) is 54.4 Å². The van der Waals surface area contributed by atoms with Crippen molar-refractivity contribution in [3.05, 3.63) is 22.2 Å². The Balaban J connectivity index is 3.14. The maximum atomic E-state index is 11.8. The standard InChI is InChI=1S/C15H20BrNO6/c1-15(2,3)23-14(20)17-11(13(18)19)8-6-9(16)12(22-5)10(7-8)21-4/h6-7,11H,1-5H3,(H,17,20)(H,18,19). The summed E-state index contributed by atoms with van der Waals surface area (Å²) >= 11 is 3.29. The average Bonchev–Trinajstić information content (AvgIpc) is 2.41. The number of rotatable bonds is 5. The Morgan fingerprint density at radius 3 is 2.26 bits per heavy atom. The molecule has 128 valence electrons. The largest absolute Gasteiger partial charge is 0.493 e. The zero-order valence-corrected chi connectivity index (χ0v) is 15.2. The van der Waals surface area contributed by atoms with Crippen LogP contribution in [0.15, 0.2) is 16.6 Å². The zero-order chi connectivity index (χ0) is 17.8. The molecule has 23 heavy (non-hydrogen) atoms. The van der Waals surface area contributed by atoms with Crippen LogP contribution in [0.4, 0.5) is 4.79 Å². The molecule has 0 heterocycles. The van der Waals surface area contributed by atoms with E-state index in [1.54, 1.807) is 20.8 Å². The number of amides is 1. The van der Waals surface area contributed by atoms with Gasteiger partial charge in [-0.2, -0.15) is 0 Å². The van der Waals surface area contributed by atoms with Crippen LogP contribution < -0.4 is 14.8 Å². The third-order valence-electron chi connectivity index (χ3n) is 2.70. The number of benzene rings is 1. The number of carboxylic acid groups (broad SMARTS) is 1. The van der Waals surface area contributed by atoms with Gasteiger partial charge in [-0.15, -0.1) is 0 Å². The Hall–Kier alpha value is -1.96. The third kappa shape index (κ3) is 5.31. The maximum absolute atomic E-state index is 11.8. The van der Waals surface area contributed by atoms with Crippen LogP contribution in [0.2, 0.25) is 0 Å². The maximum Gasteiger partial charge on any atom is 0.408 e. The van der Waals surface area contributed by atoms with Crippen LogP contribution in [0.5, 0.6) is 11.5 Å². The van der Waals surface area contributed by atoms with E-state index in [2.05, 4.69) is 21.2 Å². The van der Waals surface area contributed by atoms with Crippen LogP contribution in [-0.2, 0) is 9.53 Å². The van der Waals surface area contributed by atoms with Crippen LogP contribution >= 0.6 is 15.9 Å². The summed E-state index contributed by atoms with van der Waals surface area (Å²) in [6.45, 7) is 5.07. The first-order valence-corrected chi connectivity index (χ1v) is 7.52. The predicted molar refractivity (Wildman–Crippen MR) is 87.0 cm³/mol. The number of methoxy groups -OCH3 is 2. The normalized spacial score (nSPS) is 12.3. The van der Waals surface area contributed by atoms with Gasteiger partial charge in [-0.1, -0.05) is 0 Å². The van der Waals surface area contributed by atoms with Crippen LogP contribution in [0.3, 0.4) is 0 Å². The lowest BCUT2D eigenvalue weighted by molar-refractivity contribution is -0.139. The monoisotopic (exact) mass is 389 g/mol. The van der Waals surface area contributed by atoms with Crippen LogP contribution in [0, 0.1) is 0 Å². The van der Waals surface area contributed by atoms with Crippen molar-refractivity contribution in [2.75, 3.05) is 14.2 Å². The van der Waals surface area contributed by atoms with E-state index in [9.17, 15) is 14.7 Å². The summed E-state index contributed by atoms with van der Waals surface area (Å²) in [5.41, 5.74) is -0.418. The number of halogens is 1. The molecular formula is C15H20BrNO6. The topological polar surface area (TPSA) is 94.1 Å².